The van der Waals surface area contributed by atoms with Gasteiger partial charge in [0.05, 0.1) is 26.7 Å². The van der Waals surface area contributed by atoms with Crippen molar-refractivity contribution in [1.82, 2.24) is 4.90 Å². The average Bonchev–Trinajstić information content (AvgIpc) is 3.43. The number of carbonyl (C=O) groups is 2. The lowest BCUT2D eigenvalue weighted by atomic mass is 10.00. The van der Waals surface area contributed by atoms with Crippen LogP contribution >= 0.6 is 0 Å². The molecule has 6 heteroatoms. The fourth-order valence-electron chi connectivity index (χ4n) is 4.87. The van der Waals surface area contributed by atoms with Gasteiger partial charge >= 0.3 is 0 Å². The van der Waals surface area contributed by atoms with Crippen molar-refractivity contribution in [3.05, 3.63) is 89.0 Å². The number of ether oxygens (including phenoxy) is 2. The maximum atomic E-state index is 13.5. The quantitative estimate of drug-likeness (QED) is 0.569. The predicted molar refractivity (Wildman–Crippen MR) is 126 cm³/mol. The minimum absolute atomic E-state index is 0.00323. The minimum atomic E-state index is -0.426. The van der Waals surface area contributed by atoms with E-state index in [2.05, 4.69) is 6.07 Å². The highest BCUT2D eigenvalue weighted by Gasteiger charge is 2.36. The number of hydrogen-bond acceptors (Lipinski definition) is 4. The molecule has 3 aromatic carbocycles. The molecule has 0 aromatic heterocycles. The largest absolute Gasteiger partial charge is 0.493 e. The van der Waals surface area contributed by atoms with Crippen molar-refractivity contribution < 1.29 is 19.1 Å². The second-order valence-electron chi connectivity index (χ2n) is 8.35. The van der Waals surface area contributed by atoms with Crippen LogP contribution in [-0.2, 0) is 17.8 Å². The highest BCUT2D eigenvalue weighted by molar-refractivity contribution is 6.00. The molecule has 6 nitrogen and oxygen atoms in total. The molecular weight excluding hydrogens is 416 g/mol. The van der Waals surface area contributed by atoms with Gasteiger partial charge < -0.3 is 19.3 Å². The summed E-state index contributed by atoms with van der Waals surface area (Å²) >= 11 is 0. The third-order valence-electron chi connectivity index (χ3n) is 6.57. The Hall–Kier alpha value is -3.80. The maximum absolute atomic E-state index is 13.5. The first-order chi connectivity index (χ1) is 16.1. The van der Waals surface area contributed by atoms with Crippen LogP contribution in [0.2, 0.25) is 0 Å². The number of fused-ring (bicyclic) bond motifs is 2. The molecule has 0 bridgehead atoms. The molecule has 168 valence electrons. The topological polar surface area (TPSA) is 59.1 Å². The van der Waals surface area contributed by atoms with Crippen LogP contribution in [0.3, 0.4) is 0 Å². The summed E-state index contributed by atoms with van der Waals surface area (Å²) < 4.78 is 10.9. The first-order valence-electron chi connectivity index (χ1n) is 11.1. The molecule has 0 saturated heterocycles. The van der Waals surface area contributed by atoms with Gasteiger partial charge in [0.25, 0.3) is 5.91 Å². The summed E-state index contributed by atoms with van der Waals surface area (Å²) in [6.45, 7) is 1.13. The SMILES string of the molecule is COc1ccc([C@@H](CC(=O)N2CCc3ccccc32)N2Cc3ccccc3C2=O)cc1OC. The number of nitrogens with zero attached hydrogens (tertiary/aromatic N) is 2. The van der Waals surface area contributed by atoms with E-state index in [1.54, 1.807) is 19.1 Å². The van der Waals surface area contributed by atoms with Crippen LogP contribution in [0.5, 0.6) is 11.5 Å². The molecule has 0 fully saturated rings. The number of carbonyl (C=O) groups excluding carboxylic acids is 2. The molecule has 0 spiro atoms. The molecule has 5 rings (SSSR count). The molecular formula is C27H26N2O4. The van der Waals surface area contributed by atoms with Crippen molar-refractivity contribution in [3.63, 3.8) is 0 Å². The number of rotatable bonds is 6. The van der Waals surface area contributed by atoms with Gasteiger partial charge in [-0.05, 0) is 47.4 Å². The zero-order chi connectivity index (χ0) is 22.9. The van der Waals surface area contributed by atoms with E-state index in [0.717, 1.165) is 23.2 Å². The summed E-state index contributed by atoms with van der Waals surface area (Å²) in [7, 11) is 3.17. The first kappa shape index (κ1) is 21.1. The Morgan fingerprint density at radius 1 is 0.939 bits per heavy atom. The molecule has 0 radical (unpaired) electrons. The van der Waals surface area contributed by atoms with Crippen molar-refractivity contribution in [3.8, 4) is 11.5 Å². The number of methoxy groups -OCH3 is 2. The van der Waals surface area contributed by atoms with E-state index < -0.39 is 6.04 Å². The van der Waals surface area contributed by atoms with Gasteiger partial charge in [-0.1, -0.05) is 42.5 Å². The van der Waals surface area contributed by atoms with Gasteiger partial charge in [-0.3, -0.25) is 9.59 Å². The number of hydrogen-bond donors (Lipinski definition) is 0. The standard InChI is InChI=1S/C27H26N2O4/c1-32-24-12-11-19(15-25(24)33-2)23(29-17-20-8-3-5-9-21(20)27(29)31)16-26(30)28-14-13-18-7-4-6-10-22(18)28/h3-12,15,23H,13-14,16-17H2,1-2H3/t23-/m1/s1. The van der Waals surface area contributed by atoms with Crippen LogP contribution in [0.25, 0.3) is 0 Å². The van der Waals surface area contributed by atoms with E-state index in [1.807, 2.05) is 65.6 Å². The third-order valence-corrected chi connectivity index (χ3v) is 6.57. The van der Waals surface area contributed by atoms with Gasteiger partial charge in [0.2, 0.25) is 5.91 Å². The third kappa shape index (κ3) is 3.71. The lowest BCUT2D eigenvalue weighted by molar-refractivity contribution is -0.119. The van der Waals surface area contributed by atoms with Crippen LogP contribution in [-0.4, -0.2) is 37.5 Å². The van der Waals surface area contributed by atoms with Gasteiger partial charge in [-0.15, -0.1) is 0 Å². The molecule has 0 N–H and O–H groups in total. The monoisotopic (exact) mass is 442 g/mol. The zero-order valence-corrected chi connectivity index (χ0v) is 18.8. The molecule has 1 atom stereocenters. The summed E-state index contributed by atoms with van der Waals surface area (Å²) in [4.78, 5) is 30.5. The second kappa shape index (κ2) is 8.62. The molecule has 0 unspecified atom stereocenters. The van der Waals surface area contributed by atoms with Gasteiger partial charge in [0.1, 0.15) is 0 Å². The second-order valence-corrected chi connectivity index (χ2v) is 8.35. The summed E-state index contributed by atoms with van der Waals surface area (Å²) in [5.41, 5.74) is 4.66. The lowest BCUT2D eigenvalue weighted by Crippen LogP contribution is -2.36. The molecule has 0 aliphatic carbocycles. The summed E-state index contributed by atoms with van der Waals surface area (Å²) in [5, 5.41) is 0. The van der Waals surface area contributed by atoms with E-state index in [-0.39, 0.29) is 18.2 Å². The molecule has 0 saturated carbocycles. The molecule has 2 amide bonds. The first-order valence-corrected chi connectivity index (χ1v) is 11.1. The van der Waals surface area contributed by atoms with Gasteiger partial charge in [-0.25, -0.2) is 0 Å². The number of anilines is 1. The lowest BCUT2D eigenvalue weighted by Gasteiger charge is -2.30. The molecule has 2 aliphatic rings. The van der Waals surface area contributed by atoms with Crippen LogP contribution in [0, 0.1) is 0 Å². The van der Waals surface area contributed by atoms with E-state index in [1.165, 1.54) is 5.56 Å². The molecule has 2 heterocycles. The van der Waals surface area contributed by atoms with Crippen molar-refractivity contribution >= 4 is 17.5 Å². The van der Waals surface area contributed by atoms with E-state index in [9.17, 15) is 9.59 Å². The number of benzene rings is 3. The number of amides is 2. The Labute approximate surface area is 193 Å². The Morgan fingerprint density at radius 3 is 2.42 bits per heavy atom. The van der Waals surface area contributed by atoms with Gasteiger partial charge in [0, 0.05) is 24.3 Å². The van der Waals surface area contributed by atoms with Crippen LogP contribution in [0.15, 0.2) is 66.7 Å². The van der Waals surface area contributed by atoms with Gasteiger partial charge in [0.15, 0.2) is 11.5 Å². The summed E-state index contributed by atoms with van der Waals surface area (Å²) in [5.74, 6) is 1.13. The Bertz CT molecular complexity index is 1220. The predicted octanol–water partition coefficient (Wildman–Crippen LogP) is 4.38. The highest BCUT2D eigenvalue weighted by Crippen LogP contribution is 2.38. The van der Waals surface area contributed by atoms with Gasteiger partial charge in [-0.2, -0.15) is 0 Å². The Kier molecular flexibility index (Phi) is 5.50. The normalized spacial score (nSPS) is 15.3. The maximum Gasteiger partial charge on any atom is 0.255 e. The summed E-state index contributed by atoms with van der Waals surface area (Å²) in [6, 6.07) is 20.8. The molecule has 33 heavy (non-hydrogen) atoms. The minimum Gasteiger partial charge on any atom is -0.493 e. The average molecular weight is 443 g/mol. The summed E-state index contributed by atoms with van der Waals surface area (Å²) in [6.07, 6.45) is 1.03. The smallest absolute Gasteiger partial charge is 0.255 e. The van der Waals surface area contributed by atoms with Crippen molar-refractivity contribution in [2.75, 3.05) is 25.7 Å². The fraction of sp³-hybridized carbons (Fsp3) is 0.259. The highest BCUT2D eigenvalue weighted by atomic mass is 16.5. The molecule has 3 aromatic rings. The van der Waals surface area contributed by atoms with E-state index in [0.29, 0.717) is 30.2 Å². The zero-order valence-electron chi connectivity index (χ0n) is 18.8. The van der Waals surface area contributed by atoms with Crippen LogP contribution in [0.4, 0.5) is 5.69 Å². The van der Waals surface area contributed by atoms with Crippen molar-refractivity contribution in [2.45, 2.75) is 25.4 Å². The van der Waals surface area contributed by atoms with E-state index in [4.69, 9.17) is 9.47 Å². The fourth-order valence-corrected chi connectivity index (χ4v) is 4.87. The van der Waals surface area contributed by atoms with Crippen molar-refractivity contribution in [1.29, 1.82) is 0 Å². The number of para-hydroxylation sites is 1. The van der Waals surface area contributed by atoms with Crippen molar-refractivity contribution in [2.24, 2.45) is 0 Å². The van der Waals surface area contributed by atoms with Crippen LogP contribution in [0.1, 0.15) is 39.5 Å². The Balaban J connectivity index is 1.50. The van der Waals surface area contributed by atoms with E-state index >= 15 is 0 Å². The Morgan fingerprint density at radius 2 is 1.67 bits per heavy atom. The van der Waals surface area contributed by atoms with Crippen LogP contribution < -0.4 is 14.4 Å². The molecule has 2 aliphatic heterocycles.